The Morgan fingerprint density at radius 3 is 2.50 bits per heavy atom. The highest BCUT2D eigenvalue weighted by Crippen LogP contribution is 2.44. The van der Waals surface area contributed by atoms with Crippen molar-refractivity contribution >= 4 is 5.91 Å². The minimum absolute atomic E-state index is 0.00502. The van der Waals surface area contributed by atoms with Gasteiger partial charge >= 0.3 is 0 Å². The van der Waals surface area contributed by atoms with Gasteiger partial charge in [-0.3, -0.25) is 4.79 Å². The summed E-state index contributed by atoms with van der Waals surface area (Å²) in [4.78, 5) is 12.6. The lowest BCUT2D eigenvalue weighted by Gasteiger charge is -2.41. The molecule has 2 N–H and O–H groups in total. The van der Waals surface area contributed by atoms with Crippen LogP contribution in [-0.2, 0) is 10.2 Å². The molecule has 3 nitrogen and oxygen atoms in total. The number of aliphatic hydroxyl groups excluding tert-OH is 1. The van der Waals surface area contributed by atoms with Gasteiger partial charge in [0.1, 0.15) is 5.82 Å². The fourth-order valence-corrected chi connectivity index (χ4v) is 2.80. The number of amides is 1. The third-order valence-corrected chi connectivity index (χ3v) is 4.34. The molecule has 0 bridgehead atoms. The van der Waals surface area contributed by atoms with Crippen LogP contribution in [0.5, 0.6) is 0 Å². The Morgan fingerprint density at radius 2 is 2.05 bits per heavy atom. The lowest BCUT2D eigenvalue weighted by atomic mass is 9.63. The maximum atomic E-state index is 13.0. The number of nitrogens with one attached hydrogen (secondary N) is 1. The number of halogens is 1. The van der Waals surface area contributed by atoms with E-state index in [1.54, 1.807) is 12.1 Å². The summed E-state index contributed by atoms with van der Waals surface area (Å²) in [5.41, 5.74) is 0.387. The second-order valence-corrected chi connectivity index (χ2v) is 5.53. The highest BCUT2D eigenvalue weighted by molar-refractivity contribution is 5.89. The van der Waals surface area contributed by atoms with Crippen LogP contribution in [0, 0.1) is 5.82 Å². The molecule has 4 heteroatoms. The Balaban J connectivity index is 2.14. The van der Waals surface area contributed by atoms with Crippen LogP contribution < -0.4 is 5.32 Å². The average molecular weight is 279 g/mol. The Hall–Kier alpha value is -1.42. The topological polar surface area (TPSA) is 49.3 Å². The zero-order valence-electron chi connectivity index (χ0n) is 11.9. The van der Waals surface area contributed by atoms with E-state index in [4.69, 9.17) is 5.11 Å². The molecule has 0 radical (unpaired) electrons. The summed E-state index contributed by atoms with van der Waals surface area (Å²) in [5, 5.41) is 12.0. The highest BCUT2D eigenvalue weighted by Gasteiger charge is 2.45. The standard InChI is InChI=1S/C16H22FNO2/c1-2-14(8-11-19)18-15(20)16(9-3-10-16)12-4-6-13(17)7-5-12/h4-7,14,19H,2-3,8-11H2,1H3,(H,18,20). The monoisotopic (exact) mass is 279 g/mol. The number of hydrogen-bond donors (Lipinski definition) is 2. The maximum absolute atomic E-state index is 13.0. The lowest BCUT2D eigenvalue weighted by molar-refractivity contribution is -0.130. The first-order valence-electron chi connectivity index (χ1n) is 7.30. The average Bonchev–Trinajstić information content (AvgIpc) is 2.39. The zero-order valence-corrected chi connectivity index (χ0v) is 11.9. The van der Waals surface area contributed by atoms with Crippen molar-refractivity contribution in [3.8, 4) is 0 Å². The largest absolute Gasteiger partial charge is 0.396 e. The molecule has 0 aromatic heterocycles. The quantitative estimate of drug-likeness (QED) is 0.840. The molecule has 0 spiro atoms. The van der Waals surface area contributed by atoms with Gasteiger partial charge in [-0.2, -0.15) is 0 Å². The van der Waals surface area contributed by atoms with Gasteiger partial charge in [-0.05, 0) is 43.4 Å². The first-order valence-corrected chi connectivity index (χ1v) is 7.30. The van der Waals surface area contributed by atoms with Gasteiger partial charge in [0, 0.05) is 12.6 Å². The van der Waals surface area contributed by atoms with Gasteiger partial charge in [-0.25, -0.2) is 4.39 Å². The molecule has 0 saturated heterocycles. The predicted molar refractivity (Wildman–Crippen MR) is 75.9 cm³/mol. The number of carbonyl (C=O) groups excluding carboxylic acids is 1. The number of aliphatic hydroxyl groups is 1. The molecule has 20 heavy (non-hydrogen) atoms. The SMILES string of the molecule is CCC(CCO)NC(=O)C1(c2ccc(F)cc2)CCC1. The van der Waals surface area contributed by atoms with Gasteiger partial charge in [0.2, 0.25) is 5.91 Å². The van der Waals surface area contributed by atoms with Crippen LogP contribution in [0.3, 0.4) is 0 Å². The number of benzene rings is 1. The minimum atomic E-state index is -0.503. The van der Waals surface area contributed by atoms with Gasteiger partial charge in [-0.15, -0.1) is 0 Å². The van der Waals surface area contributed by atoms with Crippen LogP contribution in [0.2, 0.25) is 0 Å². The van der Waals surface area contributed by atoms with Crippen molar-refractivity contribution in [2.45, 2.75) is 50.5 Å². The molecule has 1 saturated carbocycles. The van der Waals surface area contributed by atoms with Crippen LogP contribution in [0.1, 0.15) is 44.6 Å². The van der Waals surface area contributed by atoms with E-state index in [-0.39, 0.29) is 24.4 Å². The van der Waals surface area contributed by atoms with Crippen molar-refractivity contribution < 1.29 is 14.3 Å². The third-order valence-electron chi connectivity index (χ3n) is 4.34. The molecule has 1 aromatic carbocycles. The summed E-state index contributed by atoms with van der Waals surface area (Å²) in [5.74, 6) is -0.272. The van der Waals surface area contributed by atoms with Crippen LogP contribution in [0.4, 0.5) is 4.39 Å². The van der Waals surface area contributed by atoms with Gasteiger partial charge in [0.15, 0.2) is 0 Å². The van der Waals surface area contributed by atoms with E-state index in [9.17, 15) is 9.18 Å². The molecular formula is C16H22FNO2. The first kappa shape index (κ1) is 15.0. The van der Waals surface area contributed by atoms with Gasteiger partial charge < -0.3 is 10.4 Å². The van der Waals surface area contributed by atoms with Crippen molar-refractivity contribution in [2.24, 2.45) is 0 Å². The molecule has 110 valence electrons. The molecule has 0 heterocycles. The van der Waals surface area contributed by atoms with E-state index in [1.807, 2.05) is 6.92 Å². The maximum Gasteiger partial charge on any atom is 0.230 e. The molecule has 1 aliphatic rings. The normalized spacial score (nSPS) is 18.1. The van der Waals surface area contributed by atoms with Crippen molar-refractivity contribution in [1.82, 2.24) is 5.32 Å². The molecule has 1 amide bonds. The molecule has 1 fully saturated rings. The van der Waals surface area contributed by atoms with E-state index < -0.39 is 5.41 Å². The van der Waals surface area contributed by atoms with Crippen LogP contribution in [0.15, 0.2) is 24.3 Å². The van der Waals surface area contributed by atoms with Crippen LogP contribution >= 0.6 is 0 Å². The van der Waals surface area contributed by atoms with E-state index in [1.165, 1.54) is 12.1 Å². The van der Waals surface area contributed by atoms with Crippen LogP contribution in [0.25, 0.3) is 0 Å². The number of hydrogen-bond acceptors (Lipinski definition) is 2. The smallest absolute Gasteiger partial charge is 0.230 e. The van der Waals surface area contributed by atoms with Gasteiger partial charge in [0.05, 0.1) is 5.41 Å². The molecule has 1 unspecified atom stereocenters. The summed E-state index contributed by atoms with van der Waals surface area (Å²) < 4.78 is 13.0. The molecule has 1 atom stereocenters. The molecule has 1 aliphatic carbocycles. The Kier molecular flexibility index (Phi) is 4.76. The second-order valence-electron chi connectivity index (χ2n) is 5.53. The van der Waals surface area contributed by atoms with Crippen molar-refractivity contribution in [3.63, 3.8) is 0 Å². The lowest BCUT2D eigenvalue weighted by Crippen LogP contribution is -2.52. The first-order chi connectivity index (χ1) is 9.62. The zero-order chi connectivity index (χ0) is 14.6. The van der Waals surface area contributed by atoms with Crippen molar-refractivity contribution in [3.05, 3.63) is 35.6 Å². The van der Waals surface area contributed by atoms with Crippen molar-refractivity contribution in [2.75, 3.05) is 6.61 Å². The second kappa shape index (κ2) is 6.35. The van der Waals surface area contributed by atoms with Crippen molar-refractivity contribution in [1.29, 1.82) is 0 Å². The number of carbonyl (C=O) groups is 1. The Morgan fingerprint density at radius 1 is 1.40 bits per heavy atom. The summed E-state index contributed by atoms with van der Waals surface area (Å²) in [6.07, 6.45) is 4.00. The van der Waals surface area contributed by atoms with Crippen LogP contribution in [-0.4, -0.2) is 23.7 Å². The molecular weight excluding hydrogens is 257 g/mol. The Bertz CT molecular complexity index is 454. The predicted octanol–water partition coefficient (Wildman–Crippen LogP) is 2.52. The van der Waals surface area contributed by atoms with E-state index in [2.05, 4.69) is 5.32 Å². The van der Waals surface area contributed by atoms with E-state index in [0.29, 0.717) is 6.42 Å². The summed E-state index contributed by atoms with van der Waals surface area (Å²) >= 11 is 0. The summed E-state index contributed by atoms with van der Waals surface area (Å²) in [6, 6.07) is 6.24. The van der Waals surface area contributed by atoms with E-state index in [0.717, 1.165) is 31.2 Å². The fourth-order valence-electron chi connectivity index (χ4n) is 2.80. The highest BCUT2D eigenvalue weighted by atomic mass is 19.1. The fraction of sp³-hybridized carbons (Fsp3) is 0.562. The van der Waals surface area contributed by atoms with E-state index >= 15 is 0 Å². The summed E-state index contributed by atoms with van der Waals surface area (Å²) in [7, 11) is 0. The number of rotatable bonds is 6. The third kappa shape index (κ3) is 2.85. The molecule has 0 aliphatic heterocycles. The van der Waals surface area contributed by atoms with Gasteiger partial charge in [0.25, 0.3) is 0 Å². The molecule has 2 rings (SSSR count). The summed E-state index contributed by atoms with van der Waals surface area (Å²) in [6.45, 7) is 2.06. The minimum Gasteiger partial charge on any atom is -0.396 e. The molecule has 1 aromatic rings. The Labute approximate surface area is 119 Å². The van der Waals surface area contributed by atoms with Gasteiger partial charge in [-0.1, -0.05) is 25.5 Å².